The van der Waals surface area contributed by atoms with E-state index in [2.05, 4.69) is 6.58 Å². The first-order chi connectivity index (χ1) is 6.10. The van der Waals surface area contributed by atoms with Crippen molar-refractivity contribution in [1.29, 1.82) is 0 Å². The summed E-state index contributed by atoms with van der Waals surface area (Å²) in [5, 5.41) is 0.866. The molecule has 2 nitrogen and oxygen atoms in total. The Hall–Kier alpha value is -0.810. The molecular formula is C8H7FO2S2. The molecule has 0 aliphatic rings. The first kappa shape index (κ1) is 10.3. The van der Waals surface area contributed by atoms with Crippen molar-refractivity contribution in [2.75, 3.05) is 0 Å². The second-order valence-corrected chi connectivity index (χ2v) is 4.78. The van der Waals surface area contributed by atoms with Crippen LogP contribution in [0.3, 0.4) is 0 Å². The van der Waals surface area contributed by atoms with E-state index in [4.69, 9.17) is 0 Å². The van der Waals surface area contributed by atoms with Gasteiger partial charge in [-0.25, -0.2) is 8.42 Å². The molecule has 1 aromatic carbocycles. The molecule has 0 heterocycles. The van der Waals surface area contributed by atoms with Gasteiger partial charge in [0.2, 0.25) is 0 Å². The first-order valence-electron chi connectivity index (χ1n) is 3.36. The SMILES string of the molecule is C=CS(=O)(=O)c1ccc(SF)cc1. The Labute approximate surface area is 80.7 Å². The second kappa shape index (κ2) is 3.93. The lowest BCUT2D eigenvalue weighted by molar-refractivity contribution is 0.604. The molecule has 0 aliphatic heterocycles. The molecule has 0 atom stereocenters. The van der Waals surface area contributed by atoms with Crippen LogP contribution in [0.4, 0.5) is 3.89 Å². The maximum Gasteiger partial charge on any atom is 0.199 e. The van der Waals surface area contributed by atoms with Crippen LogP contribution in [-0.2, 0) is 9.84 Å². The predicted octanol–water partition coefficient (Wildman–Crippen LogP) is 2.58. The molecule has 1 aromatic rings. The number of benzene rings is 1. The minimum Gasteiger partial charge on any atom is -0.219 e. The van der Waals surface area contributed by atoms with Crippen molar-refractivity contribution in [3.05, 3.63) is 36.3 Å². The van der Waals surface area contributed by atoms with Crippen LogP contribution in [0.5, 0.6) is 0 Å². The van der Waals surface area contributed by atoms with Gasteiger partial charge in [-0.3, -0.25) is 0 Å². The van der Waals surface area contributed by atoms with Crippen molar-refractivity contribution in [2.24, 2.45) is 0 Å². The Balaban J connectivity index is 3.13. The molecule has 70 valence electrons. The molecule has 0 bridgehead atoms. The summed E-state index contributed by atoms with van der Waals surface area (Å²) in [6.07, 6.45) is 0. The van der Waals surface area contributed by atoms with Gasteiger partial charge < -0.3 is 0 Å². The Bertz CT molecular complexity index is 395. The maximum atomic E-state index is 12.0. The zero-order chi connectivity index (χ0) is 9.90. The number of hydrogen-bond acceptors (Lipinski definition) is 3. The lowest BCUT2D eigenvalue weighted by atomic mass is 10.4. The third kappa shape index (κ3) is 2.32. The van der Waals surface area contributed by atoms with Crippen LogP contribution < -0.4 is 0 Å². The van der Waals surface area contributed by atoms with Crippen molar-refractivity contribution in [3.63, 3.8) is 0 Å². The lowest BCUT2D eigenvalue weighted by Gasteiger charge is -1.98. The molecular weight excluding hydrogens is 211 g/mol. The summed E-state index contributed by atoms with van der Waals surface area (Å²) in [5.74, 6) is 0. The van der Waals surface area contributed by atoms with Crippen LogP contribution in [-0.4, -0.2) is 8.42 Å². The van der Waals surface area contributed by atoms with E-state index in [1.54, 1.807) is 0 Å². The summed E-state index contributed by atoms with van der Waals surface area (Å²) >= 11 is 0.0751. The Morgan fingerprint density at radius 1 is 1.31 bits per heavy atom. The molecule has 0 unspecified atom stereocenters. The minimum absolute atomic E-state index is 0.0751. The van der Waals surface area contributed by atoms with E-state index in [1.165, 1.54) is 24.3 Å². The Morgan fingerprint density at radius 3 is 2.23 bits per heavy atom. The number of rotatable bonds is 3. The van der Waals surface area contributed by atoms with Gasteiger partial charge in [0.25, 0.3) is 0 Å². The van der Waals surface area contributed by atoms with Gasteiger partial charge in [-0.1, -0.05) is 6.58 Å². The molecule has 0 amide bonds. The normalized spacial score (nSPS) is 11.2. The fraction of sp³-hybridized carbons (Fsp3) is 0. The highest BCUT2D eigenvalue weighted by Crippen LogP contribution is 2.21. The van der Waals surface area contributed by atoms with Crippen molar-refractivity contribution < 1.29 is 12.3 Å². The summed E-state index contributed by atoms with van der Waals surface area (Å²) in [6, 6.07) is 5.50. The van der Waals surface area contributed by atoms with Crippen LogP contribution in [0.2, 0.25) is 0 Å². The standard InChI is InChI=1S/C8H7FO2S2/c1-2-13(10,11)8-5-3-7(12-9)4-6-8/h2-6H,1H2. The van der Waals surface area contributed by atoms with E-state index in [0.717, 1.165) is 5.41 Å². The lowest BCUT2D eigenvalue weighted by Crippen LogP contribution is -1.94. The molecule has 0 N–H and O–H groups in total. The van der Waals surface area contributed by atoms with Crippen LogP contribution in [0.25, 0.3) is 0 Å². The van der Waals surface area contributed by atoms with Crippen molar-refractivity contribution in [1.82, 2.24) is 0 Å². The molecule has 0 radical (unpaired) electrons. The van der Waals surface area contributed by atoms with Gasteiger partial charge in [-0.05, 0) is 24.3 Å². The second-order valence-electron chi connectivity index (χ2n) is 2.26. The smallest absolute Gasteiger partial charge is 0.199 e. The summed E-state index contributed by atoms with van der Waals surface area (Å²) in [5.41, 5.74) is 0. The Kier molecular flexibility index (Phi) is 3.11. The van der Waals surface area contributed by atoms with E-state index in [1.807, 2.05) is 0 Å². The molecule has 0 aromatic heterocycles. The first-order valence-corrected chi connectivity index (χ1v) is 5.62. The molecule has 0 fully saturated rings. The van der Waals surface area contributed by atoms with Crippen LogP contribution in [0.1, 0.15) is 0 Å². The van der Waals surface area contributed by atoms with E-state index < -0.39 is 9.84 Å². The molecule has 0 spiro atoms. The molecule has 13 heavy (non-hydrogen) atoms. The fourth-order valence-electron chi connectivity index (χ4n) is 0.777. The molecule has 0 saturated carbocycles. The average Bonchev–Trinajstić information content (AvgIpc) is 2.18. The largest absolute Gasteiger partial charge is 0.219 e. The summed E-state index contributed by atoms with van der Waals surface area (Å²) < 4.78 is 34.3. The van der Waals surface area contributed by atoms with E-state index in [-0.39, 0.29) is 17.0 Å². The topological polar surface area (TPSA) is 34.1 Å². The van der Waals surface area contributed by atoms with Gasteiger partial charge >= 0.3 is 0 Å². The van der Waals surface area contributed by atoms with Gasteiger partial charge in [-0.15, -0.1) is 0 Å². The molecule has 5 heteroatoms. The highest BCUT2D eigenvalue weighted by atomic mass is 32.2. The zero-order valence-corrected chi connectivity index (χ0v) is 8.24. The van der Waals surface area contributed by atoms with Crippen molar-refractivity contribution in [2.45, 2.75) is 9.79 Å². The highest BCUT2D eigenvalue weighted by Gasteiger charge is 2.08. The van der Waals surface area contributed by atoms with Crippen LogP contribution in [0, 0.1) is 0 Å². The molecule has 0 saturated heterocycles. The van der Waals surface area contributed by atoms with Crippen LogP contribution in [0.15, 0.2) is 46.0 Å². The highest BCUT2D eigenvalue weighted by molar-refractivity contribution is 7.94. The summed E-state index contributed by atoms with van der Waals surface area (Å²) in [7, 11) is -3.39. The van der Waals surface area contributed by atoms with Gasteiger partial charge in [0.05, 0.1) is 17.0 Å². The quantitative estimate of drug-likeness (QED) is 0.782. The van der Waals surface area contributed by atoms with E-state index in [9.17, 15) is 12.3 Å². The third-order valence-electron chi connectivity index (χ3n) is 1.46. The van der Waals surface area contributed by atoms with Gasteiger partial charge in [0.15, 0.2) is 9.84 Å². The number of halogens is 1. The monoisotopic (exact) mass is 218 g/mol. The maximum absolute atomic E-state index is 12.0. The fourth-order valence-corrected chi connectivity index (χ4v) is 1.72. The molecule has 1 rings (SSSR count). The van der Waals surface area contributed by atoms with E-state index >= 15 is 0 Å². The van der Waals surface area contributed by atoms with Crippen molar-refractivity contribution in [3.8, 4) is 0 Å². The average molecular weight is 218 g/mol. The van der Waals surface area contributed by atoms with Crippen molar-refractivity contribution >= 4 is 22.0 Å². The predicted molar refractivity (Wildman–Crippen MR) is 50.8 cm³/mol. The number of sulfone groups is 1. The minimum atomic E-state index is -3.39. The zero-order valence-electron chi connectivity index (χ0n) is 6.60. The third-order valence-corrected chi connectivity index (χ3v) is 3.28. The van der Waals surface area contributed by atoms with E-state index in [0.29, 0.717) is 4.90 Å². The summed E-state index contributed by atoms with van der Waals surface area (Å²) in [4.78, 5) is 0.503. The van der Waals surface area contributed by atoms with Gasteiger partial charge in [0.1, 0.15) is 0 Å². The Morgan fingerprint density at radius 2 is 1.85 bits per heavy atom. The van der Waals surface area contributed by atoms with Gasteiger partial charge in [0, 0.05) is 10.3 Å². The summed E-state index contributed by atoms with van der Waals surface area (Å²) in [6.45, 7) is 3.18. The molecule has 0 aliphatic carbocycles. The van der Waals surface area contributed by atoms with Crippen LogP contribution >= 0.6 is 12.1 Å². The van der Waals surface area contributed by atoms with Gasteiger partial charge in [-0.2, -0.15) is 3.89 Å². The number of hydrogen-bond donors (Lipinski definition) is 0.